The number of hydroxylamine groups is 2. The molecule has 7 nitrogen and oxygen atoms in total. The summed E-state index contributed by atoms with van der Waals surface area (Å²) < 4.78 is 31.3. The third-order valence-electron chi connectivity index (χ3n) is 2.85. The smallest absolute Gasteiger partial charge is 0.264 e. The summed E-state index contributed by atoms with van der Waals surface area (Å²) in [6, 6.07) is 4.89. The molecule has 0 unspecified atom stereocenters. The Balaban J connectivity index is 2.16. The highest BCUT2D eigenvalue weighted by Gasteiger charge is 2.34. The molecule has 8 heteroatoms. The average Bonchev–Trinajstić information content (AvgIpc) is 2.70. The summed E-state index contributed by atoms with van der Waals surface area (Å²) in [7, 11) is -2.31. The summed E-state index contributed by atoms with van der Waals surface area (Å²) in [6.45, 7) is 0.120. The van der Waals surface area contributed by atoms with Crippen molar-refractivity contribution in [2.45, 2.75) is 17.4 Å². The highest BCUT2D eigenvalue weighted by Crippen LogP contribution is 2.17. The molecule has 1 aliphatic rings. The van der Waals surface area contributed by atoms with Gasteiger partial charge in [0, 0.05) is 0 Å². The first kappa shape index (κ1) is 13.8. The second-order valence-corrected chi connectivity index (χ2v) is 5.81. The monoisotopic (exact) mass is 286 g/mol. The van der Waals surface area contributed by atoms with Crippen molar-refractivity contribution in [3.8, 4) is 5.75 Å². The van der Waals surface area contributed by atoms with Gasteiger partial charge in [0.15, 0.2) is 0 Å². The van der Waals surface area contributed by atoms with Crippen LogP contribution in [0.25, 0.3) is 0 Å². The van der Waals surface area contributed by atoms with Crippen LogP contribution >= 0.6 is 0 Å². The second kappa shape index (κ2) is 5.16. The van der Waals surface area contributed by atoms with Gasteiger partial charge in [-0.15, -0.1) is 0 Å². The first-order valence-electron chi connectivity index (χ1n) is 5.60. The summed E-state index contributed by atoms with van der Waals surface area (Å²) in [5, 5.41) is 9.65. The van der Waals surface area contributed by atoms with Crippen LogP contribution in [0.3, 0.4) is 0 Å². The lowest BCUT2D eigenvalue weighted by molar-refractivity contribution is -0.158. The van der Waals surface area contributed by atoms with E-state index in [1.54, 1.807) is 0 Å². The van der Waals surface area contributed by atoms with E-state index < -0.39 is 22.0 Å². The van der Waals surface area contributed by atoms with Gasteiger partial charge in [-0.1, -0.05) is 0 Å². The van der Waals surface area contributed by atoms with Crippen molar-refractivity contribution in [1.82, 2.24) is 9.79 Å². The molecule has 1 heterocycles. The van der Waals surface area contributed by atoms with Crippen LogP contribution in [-0.4, -0.2) is 44.3 Å². The van der Waals surface area contributed by atoms with Crippen LogP contribution < -0.4 is 9.46 Å². The zero-order chi connectivity index (χ0) is 14.0. The zero-order valence-electron chi connectivity index (χ0n) is 10.2. The summed E-state index contributed by atoms with van der Waals surface area (Å²) in [4.78, 5) is 11.5. The lowest BCUT2D eigenvalue weighted by atomic mass is 10.3. The number of hydrogen-bond donors (Lipinski definition) is 2. The molecule has 0 bridgehead atoms. The summed E-state index contributed by atoms with van der Waals surface area (Å²) in [5.74, 6) is -0.102. The van der Waals surface area contributed by atoms with Crippen LogP contribution in [-0.2, 0) is 14.8 Å². The van der Waals surface area contributed by atoms with E-state index in [1.165, 1.54) is 31.4 Å². The van der Waals surface area contributed by atoms with Crippen LogP contribution in [0.1, 0.15) is 6.42 Å². The van der Waals surface area contributed by atoms with E-state index in [0.717, 1.165) is 0 Å². The maximum Gasteiger partial charge on any atom is 0.264 e. The Morgan fingerprint density at radius 3 is 2.47 bits per heavy atom. The number of amides is 1. The minimum atomic E-state index is -3.79. The Morgan fingerprint density at radius 2 is 2.00 bits per heavy atom. The van der Waals surface area contributed by atoms with E-state index in [1.807, 2.05) is 0 Å². The SMILES string of the molecule is COc1ccc(S(=O)(=O)N[C@@H]2CCN(O)C2=O)cc1. The molecular formula is C11H14N2O5S. The van der Waals surface area contributed by atoms with E-state index >= 15 is 0 Å². The predicted octanol–water partition coefficient (Wildman–Crippen LogP) is -0.0364. The molecule has 2 rings (SSSR count). The summed E-state index contributed by atoms with van der Waals surface area (Å²) in [5.41, 5.74) is 0. The standard InChI is InChI=1S/C11H14N2O5S/c1-18-8-2-4-9(5-3-8)19(16,17)12-10-6-7-13(15)11(10)14/h2-5,10,12,15H,6-7H2,1H3/t10-/m1/s1. The van der Waals surface area contributed by atoms with Gasteiger partial charge in [0.2, 0.25) is 10.0 Å². The Kier molecular flexibility index (Phi) is 3.74. The van der Waals surface area contributed by atoms with Gasteiger partial charge in [0.05, 0.1) is 18.6 Å². The van der Waals surface area contributed by atoms with Crippen LogP contribution in [0.5, 0.6) is 5.75 Å². The van der Waals surface area contributed by atoms with Gasteiger partial charge >= 0.3 is 0 Å². The molecule has 1 saturated heterocycles. The van der Waals surface area contributed by atoms with Crippen LogP contribution in [0.2, 0.25) is 0 Å². The van der Waals surface area contributed by atoms with Crippen molar-refractivity contribution in [3.05, 3.63) is 24.3 Å². The van der Waals surface area contributed by atoms with Gasteiger partial charge in [-0.05, 0) is 30.7 Å². The minimum Gasteiger partial charge on any atom is -0.497 e. The van der Waals surface area contributed by atoms with E-state index in [2.05, 4.69) is 4.72 Å². The van der Waals surface area contributed by atoms with Crippen molar-refractivity contribution < 1.29 is 23.2 Å². The number of ether oxygens (including phenoxy) is 1. The Labute approximate surface area is 110 Å². The molecule has 2 N–H and O–H groups in total. The van der Waals surface area contributed by atoms with Crippen LogP contribution in [0.4, 0.5) is 0 Å². The number of hydrogen-bond acceptors (Lipinski definition) is 5. The Hall–Kier alpha value is -1.64. The zero-order valence-corrected chi connectivity index (χ0v) is 11.1. The van der Waals surface area contributed by atoms with Crippen molar-refractivity contribution in [2.75, 3.05) is 13.7 Å². The number of nitrogens with zero attached hydrogens (tertiary/aromatic N) is 1. The number of rotatable bonds is 4. The van der Waals surface area contributed by atoms with E-state index in [9.17, 15) is 13.2 Å². The predicted molar refractivity (Wildman–Crippen MR) is 65.2 cm³/mol. The van der Waals surface area contributed by atoms with Gasteiger partial charge in [-0.3, -0.25) is 10.0 Å². The number of sulfonamides is 1. The molecule has 1 aliphatic heterocycles. The molecule has 1 fully saturated rings. The molecule has 19 heavy (non-hydrogen) atoms. The number of methoxy groups -OCH3 is 1. The average molecular weight is 286 g/mol. The second-order valence-electron chi connectivity index (χ2n) is 4.10. The normalized spacial score (nSPS) is 19.8. The molecule has 0 aliphatic carbocycles. The fourth-order valence-corrected chi connectivity index (χ4v) is 3.01. The van der Waals surface area contributed by atoms with Crippen molar-refractivity contribution in [3.63, 3.8) is 0 Å². The molecule has 1 atom stereocenters. The summed E-state index contributed by atoms with van der Waals surface area (Å²) in [6.07, 6.45) is 0.241. The third kappa shape index (κ3) is 2.86. The number of benzene rings is 1. The van der Waals surface area contributed by atoms with Gasteiger partial charge in [0.25, 0.3) is 5.91 Å². The molecular weight excluding hydrogens is 272 g/mol. The number of nitrogens with one attached hydrogen (secondary N) is 1. The molecule has 1 aromatic carbocycles. The van der Waals surface area contributed by atoms with Gasteiger partial charge < -0.3 is 4.74 Å². The maximum absolute atomic E-state index is 12.0. The highest BCUT2D eigenvalue weighted by atomic mass is 32.2. The van der Waals surface area contributed by atoms with Gasteiger partial charge in [-0.2, -0.15) is 4.72 Å². The first-order chi connectivity index (χ1) is 8.94. The summed E-state index contributed by atoms with van der Waals surface area (Å²) >= 11 is 0. The van der Waals surface area contributed by atoms with E-state index in [0.29, 0.717) is 10.8 Å². The maximum atomic E-state index is 12.0. The molecule has 104 valence electrons. The van der Waals surface area contributed by atoms with Gasteiger partial charge in [0.1, 0.15) is 11.8 Å². The molecule has 0 radical (unpaired) electrons. The van der Waals surface area contributed by atoms with Gasteiger partial charge in [-0.25, -0.2) is 13.5 Å². The molecule has 0 spiro atoms. The van der Waals surface area contributed by atoms with Crippen molar-refractivity contribution >= 4 is 15.9 Å². The Bertz CT molecular complexity index is 569. The van der Waals surface area contributed by atoms with Crippen molar-refractivity contribution in [2.24, 2.45) is 0 Å². The molecule has 0 saturated carbocycles. The third-order valence-corrected chi connectivity index (χ3v) is 4.34. The van der Waals surface area contributed by atoms with Crippen molar-refractivity contribution in [1.29, 1.82) is 0 Å². The number of carbonyl (C=O) groups is 1. The minimum absolute atomic E-state index is 0.0393. The van der Waals surface area contributed by atoms with Crippen LogP contribution in [0.15, 0.2) is 29.2 Å². The quantitative estimate of drug-likeness (QED) is 0.757. The lowest BCUT2D eigenvalue weighted by Crippen LogP contribution is -2.40. The molecule has 1 aromatic rings. The first-order valence-corrected chi connectivity index (χ1v) is 7.09. The fraction of sp³-hybridized carbons (Fsp3) is 0.364. The lowest BCUT2D eigenvalue weighted by Gasteiger charge is -2.12. The highest BCUT2D eigenvalue weighted by molar-refractivity contribution is 7.89. The molecule has 0 aromatic heterocycles. The number of carbonyl (C=O) groups excluding carboxylic acids is 1. The fourth-order valence-electron chi connectivity index (χ4n) is 1.78. The molecule has 1 amide bonds. The topological polar surface area (TPSA) is 95.9 Å². The largest absolute Gasteiger partial charge is 0.497 e. The van der Waals surface area contributed by atoms with E-state index in [-0.39, 0.29) is 17.9 Å². The van der Waals surface area contributed by atoms with Crippen LogP contribution in [0, 0.1) is 0 Å². The Morgan fingerprint density at radius 1 is 1.37 bits per heavy atom. The van der Waals surface area contributed by atoms with E-state index in [4.69, 9.17) is 9.94 Å².